The van der Waals surface area contributed by atoms with Crippen LogP contribution in [0.2, 0.25) is 0 Å². The largest absolute Gasteiger partial charge is 0.437 e. The van der Waals surface area contributed by atoms with Crippen molar-refractivity contribution in [1.29, 1.82) is 0 Å². The first-order valence-electron chi connectivity index (χ1n) is 6.00. The van der Waals surface area contributed by atoms with Gasteiger partial charge in [-0.1, -0.05) is 20.8 Å². The molecule has 0 radical (unpaired) electrons. The molecule has 0 saturated carbocycles. The van der Waals surface area contributed by atoms with Gasteiger partial charge in [0.2, 0.25) is 0 Å². The Kier molecular flexibility index (Phi) is 3.11. The van der Waals surface area contributed by atoms with Gasteiger partial charge in [-0.2, -0.15) is 0 Å². The van der Waals surface area contributed by atoms with Gasteiger partial charge < -0.3 is 10.2 Å². The highest BCUT2D eigenvalue weighted by atomic mass is 19.1. The molecule has 0 bridgehead atoms. The van der Waals surface area contributed by atoms with Gasteiger partial charge in [-0.05, 0) is 30.0 Å². The zero-order valence-corrected chi connectivity index (χ0v) is 10.7. The minimum atomic E-state index is -0.492. The van der Waals surface area contributed by atoms with E-state index in [1.165, 1.54) is 6.07 Å². The van der Waals surface area contributed by atoms with E-state index in [1.807, 2.05) is 20.8 Å². The first kappa shape index (κ1) is 12.6. The number of rotatable bonds is 2. The molecule has 0 amide bonds. The molecule has 0 aromatic heterocycles. The molecule has 0 saturated heterocycles. The summed E-state index contributed by atoms with van der Waals surface area (Å²) in [5, 5.41) is 0. The van der Waals surface area contributed by atoms with E-state index in [9.17, 15) is 9.18 Å². The highest BCUT2D eigenvalue weighted by Crippen LogP contribution is 2.31. The van der Waals surface area contributed by atoms with E-state index in [2.05, 4.69) is 0 Å². The smallest absolute Gasteiger partial charge is 0.194 e. The average molecular weight is 249 g/mol. The van der Waals surface area contributed by atoms with Crippen molar-refractivity contribution in [1.82, 2.24) is 0 Å². The minimum Gasteiger partial charge on any atom is -0.437 e. The molecular formula is C14H16FNO2. The first-order valence-corrected chi connectivity index (χ1v) is 6.00. The number of anilines is 1. The van der Waals surface area contributed by atoms with Crippen LogP contribution in [0, 0.1) is 5.82 Å². The Balaban J connectivity index is 2.85. The second-order valence-corrected chi connectivity index (χ2v) is 4.66. The predicted octanol–water partition coefficient (Wildman–Crippen LogP) is 3.15. The summed E-state index contributed by atoms with van der Waals surface area (Å²) >= 11 is 0. The molecule has 0 fully saturated rings. The van der Waals surface area contributed by atoms with Gasteiger partial charge in [0.1, 0.15) is 0 Å². The van der Waals surface area contributed by atoms with Crippen LogP contribution in [0.5, 0.6) is 0 Å². The van der Waals surface area contributed by atoms with Gasteiger partial charge in [-0.15, -0.1) is 0 Å². The molecule has 0 spiro atoms. The van der Waals surface area contributed by atoms with Crippen molar-refractivity contribution in [3.05, 3.63) is 39.3 Å². The number of fused-ring (bicyclic) bond motifs is 1. The van der Waals surface area contributed by atoms with Crippen LogP contribution >= 0.6 is 0 Å². The van der Waals surface area contributed by atoms with Gasteiger partial charge in [-0.25, -0.2) is 4.39 Å². The van der Waals surface area contributed by atoms with E-state index in [0.29, 0.717) is 12.0 Å². The lowest BCUT2D eigenvalue weighted by Gasteiger charge is -2.13. The fourth-order valence-corrected chi connectivity index (χ4v) is 2.00. The van der Waals surface area contributed by atoms with Crippen LogP contribution in [0.3, 0.4) is 0 Å². The van der Waals surface area contributed by atoms with Crippen molar-refractivity contribution in [3.8, 4) is 11.3 Å². The van der Waals surface area contributed by atoms with Crippen LogP contribution in [0.4, 0.5) is 10.3 Å². The lowest BCUT2D eigenvalue weighted by atomic mass is 9.97. The number of hydrogen-bond donors (Lipinski definition) is 1. The van der Waals surface area contributed by atoms with Gasteiger partial charge in [0, 0.05) is 5.56 Å². The van der Waals surface area contributed by atoms with Crippen molar-refractivity contribution >= 4 is 5.88 Å². The third kappa shape index (κ3) is 1.88. The van der Waals surface area contributed by atoms with E-state index in [-0.39, 0.29) is 28.6 Å². The van der Waals surface area contributed by atoms with E-state index in [1.54, 1.807) is 6.07 Å². The first-order chi connectivity index (χ1) is 8.45. The normalized spacial score (nSPS) is 11.4. The van der Waals surface area contributed by atoms with Crippen LogP contribution < -0.4 is 11.2 Å². The van der Waals surface area contributed by atoms with Crippen molar-refractivity contribution in [2.24, 2.45) is 0 Å². The molecule has 4 heteroatoms. The Morgan fingerprint density at radius 2 is 2.06 bits per heavy atom. The van der Waals surface area contributed by atoms with Crippen LogP contribution in [0.15, 0.2) is 21.3 Å². The molecular weight excluding hydrogens is 233 g/mol. The molecule has 1 aliphatic carbocycles. The van der Waals surface area contributed by atoms with Crippen molar-refractivity contribution in [2.75, 3.05) is 5.73 Å². The SMILES string of the molecule is CCc1cc2c(=O)cc(C(C)C)c(F)c-2oc1N. The van der Waals surface area contributed by atoms with Crippen LogP contribution in [-0.2, 0) is 6.42 Å². The molecule has 18 heavy (non-hydrogen) atoms. The molecule has 2 aliphatic rings. The van der Waals surface area contributed by atoms with E-state index in [4.69, 9.17) is 10.2 Å². The number of halogens is 1. The zero-order chi connectivity index (χ0) is 13.4. The Labute approximate surface area is 105 Å². The van der Waals surface area contributed by atoms with Crippen molar-refractivity contribution in [3.63, 3.8) is 0 Å². The summed E-state index contributed by atoms with van der Waals surface area (Å²) in [7, 11) is 0. The Hall–Kier alpha value is -1.84. The quantitative estimate of drug-likeness (QED) is 0.889. The number of nitrogen functional groups attached to an aromatic ring is 1. The Bertz CT molecular complexity index is 616. The van der Waals surface area contributed by atoms with Gasteiger partial charge >= 0.3 is 0 Å². The molecule has 0 aromatic rings. The summed E-state index contributed by atoms with van der Waals surface area (Å²) in [5.41, 5.74) is 6.81. The maximum atomic E-state index is 14.2. The van der Waals surface area contributed by atoms with E-state index in [0.717, 1.165) is 5.56 Å². The van der Waals surface area contributed by atoms with E-state index >= 15 is 0 Å². The summed E-state index contributed by atoms with van der Waals surface area (Å²) in [6, 6.07) is 2.96. The summed E-state index contributed by atoms with van der Waals surface area (Å²) < 4.78 is 19.5. The fourth-order valence-electron chi connectivity index (χ4n) is 2.00. The third-order valence-electron chi connectivity index (χ3n) is 3.10. The monoisotopic (exact) mass is 249 g/mol. The second-order valence-electron chi connectivity index (χ2n) is 4.66. The van der Waals surface area contributed by atoms with Crippen LogP contribution in [-0.4, -0.2) is 0 Å². The minimum absolute atomic E-state index is 0.0408. The molecule has 1 aliphatic heterocycles. The lowest BCUT2D eigenvalue weighted by Crippen LogP contribution is -2.12. The molecule has 0 atom stereocenters. The standard InChI is InChI=1S/C14H16FNO2/c1-4-8-5-10-11(17)6-9(7(2)3)12(15)13(10)18-14(8)16/h5-7H,4,16H2,1-3H3. The highest BCUT2D eigenvalue weighted by Gasteiger charge is 2.22. The van der Waals surface area contributed by atoms with Crippen molar-refractivity contribution in [2.45, 2.75) is 33.1 Å². The van der Waals surface area contributed by atoms with Gasteiger partial charge in [-0.3, -0.25) is 4.79 Å². The number of nitrogens with two attached hydrogens (primary N) is 1. The molecule has 1 heterocycles. The maximum absolute atomic E-state index is 14.2. The Morgan fingerprint density at radius 1 is 1.39 bits per heavy atom. The van der Waals surface area contributed by atoms with Gasteiger partial charge in [0.25, 0.3) is 0 Å². The highest BCUT2D eigenvalue weighted by molar-refractivity contribution is 5.64. The van der Waals surface area contributed by atoms with Crippen LogP contribution in [0.25, 0.3) is 11.3 Å². The molecule has 2 N–H and O–H groups in total. The number of benzene rings is 1. The fraction of sp³-hybridized carbons (Fsp3) is 0.357. The molecule has 2 rings (SSSR count). The summed E-state index contributed by atoms with van der Waals surface area (Å²) in [6.07, 6.45) is 0.637. The summed E-state index contributed by atoms with van der Waals surface area (Å²) in [5.74, 6) is -0.441. The van der Waals surface area contributed by atoms with E-state index < -0.39 is 5.82 Å². The number of hydrogen-bond acceptors (Lipinski definition) is 3. The average Bonchev–Trinajstić information content (AvgIpc) is 2.32. The van der Waals surface area contributed by atoms with Crippen LogP contribution in [0.1, 0.15) is 37.8 Å². The maximum Gasteiger partial charge on any atom is 0.194 e. The second kappa shape index (κ2) is 4.44. The Morgan fingerprint density at radius 3 is 2.61 bits per heavy atom. The summed E-state index contributed by atoms with van der Waals surface area (Å²) in [4.78, 5) is 12.0. The lowest BCUT2D eigenvalue weighted by molar-refractivity contribution is 0.511. The summed E-state index contributed by atoms with van der Waals surface area (Å²) in [6.45, 7) is 5.55. The number of aryl methyl sites for hydroxylation is 1. The van der Waals surface area contributed by atoms with Gasteiger partial charge in [0.15, 0.2) is 22.9 Å². The topological polar surface area (TPSA) is 56.2 Å². The molecule has 3 nitrogen and oxygen atoms in total. The molecule has 0 unspecified atom stereocenters. The zero-order valence-electron chi connectivity index (χ0n) is 10.7. The molecule has 0 aromatic carbocycles. The van der Waals surface area contributed by atoms with Gasteiger partial charge in [0.05, 0.1) is 5.56 Å². The third-order valence-corrected chi connectivity index (χ3v) is 3.10. The molecule has 96 valence electrons. The van der Waals surface area contributed by atoms with Crippen molar-refractivity contribution < 1.29 is 8.81 Å². The predicted molar refractivity (Wildman–Crippen MR) is 69.4 cm³/mol.